The van der Waals surface area contributed by atoms with Crippen LogP contribution in [0.4, 0.5) is 5.69 Å². The van der Waals surface area contributed by atoms with Crippen molar-refractivity contribution in [3.63, 3.8) is 0 Å². The molecule has 1 aromatic heterocycles. The zero-order valence-electron chi connectivity index (χ0n) is 13.0. The minimum atomic E-state index is -0.0716. The molecule has 7 heteroatoms. The Balaban J connectivity index is 1.55. The highest BCUT2D eigenvalue weighted by molar-refractivity contribution is 7.98. The summed E-state index contributed by atoms with van der Waals surface area (Å²) in [6.45, 7) is 0. The van der Waals surface area contributed by atoms with Crippen LogP contribution < -0.4 is 5.32 Å². The number of halogens is 2. The van der Waals surface area contributed by atoms with Crippen molar-refractivity contribution in [3.05, 3.63) is 74.7 Å². The first kappa shape index (κ1) is 18.3. The number of nitrogens with one attached hydrogen (secondary N) is 1. The molecule has 0 unspecified atom stereocenters. The van der Waals surface area contributed by atoms with Crippen molar-refractivity contribution in [1.82, 2.24) is 4.98 Å². The lowest BCUT2D eigenvalue weighted by Crippen LogP contribution is -2.14. The lowest BCUT2D eigenvalue weighted by Gasteiger charge is -2.03. The molecule has 0 atom stereocenters. The van der Waals surface area contributed by atoms with Crippen molar-refractivity contribution in [2.24, 2.45) is 0 Å². The van der Waals surface area contributed by atoms with Crippen molar-refractivity contribution in [2.45, 2.75) is 17.1 Å². The summed E-state index contributed by atoms with van der Waals surface area (Å²) in [6.07, 6.45) is 0.266. The molecule has 0 radical (unpaired) electrons. The van der Waals surface area contributed by atoms with Gasteiger partial charge in [-0.2, -0.15) is 0 Å². The maximum atomic E-state index is 12.1. The Bertz CT molecular complexity index is 869. The lowest BCUT2D eigenvalue weighted by molar-refractivity contribution is -0.115. The van der Waals surface area contributed by atoms with Crippen LogP contribution in [-0.4, -0.2) is 10.9 Å². The van der Waals surface area contributed by atoms with Crippen LogP contribution in [0.2, 0.25) is 10.0 Å². The van der Waals surface area contributed by atoms with Crippen molar-refractivity contribution in [1.29, 1.82) is 0 Å². The summed E-state index contributed by atoms with van der Waals surface area (Å²) >= 11 is 15.2. The number of thioether (sulfide) groups is 1. The summed E-state index contributed by atoms with van der Waals surface area (Å²) in [5, 5.41) is 6.95. The fraction of sp³-hybridized carbons (Fsp3) is 0.111. The zero-order valence-corrected chi connectivity index (χ0v) is 16.2. The third kappa shape index (κ3) is 5.47. The Kier molecular flexibility index (Phi) is 6.37. The second-order valence-corrected chi connectivity index (χ2v) is 7.99. The van der Waals surface area contributed by atoms with Gasteiger partial charge in [0.25, 0.3) is 0 Å². The van der Waals surface area contributed by atoms with Gasteiger partial charge in [0, 0.05) is 26.7 Å². The van der Waals surface area contributed by atoms with Gasteiger partial charge in [-0.15, -0.1) is 23.1 Å². The van der Waals surface area contributed by atoms with Crippen LogP contribution in [0.5, 0.6) is 0 Å². The maximum absolute atomic E-state index is 12.1. The molecule has 3 nitrogen and oxygen atoms in total. The number of thiazole rings is 1. The molecule has 0 saturated carbocycles. The summed E-state index contributed by atoms with van der Waals surface area (Å²) in [5.74, 6) is 0.606. The molecule has 1 amide bonds. The second kappa shape index (κ2) is 8.72. The average molecular weight is 409 g/mol. The van der Waals surface area contributed by atoms with E-state index in [2.05, 4.69) is 10.3 Å². The highest BCUT2D eigenvalue weighted by Gasteiger charge is 2.10. The summed E-state index contributed by atoms with van der Waals surface area (Å²) in [7, 11) is 0. The summed E-state index contributed by atoms with van der Waals surface area (Å²) in [4.78, 5) is 17.5. The normalized spacial score (nSPS) is 10.6. The smallest absolute Gasteiger partial charge is 0.231 e. The summed E-state index contributed by atoms with van der Waals surface area (Å²) in [5.41, 5.74) is 1.71. The minimum absolute atomic E-state index is 0.0716. The Hall–Kier alpha value is -1.53. The van der Waals surface area contributed by atoms with Crippen LogP contribution >= 0.6 is 46.3 Å². The van der Waals surface area contributed by atoms with Gasteiger partial charge in [0.1, 0.15) is 5.01 Å². The number of hydrogen-bond acceptors (Lipinski definition) is 4. The van der Waals surface area contributed by atoms with Crippen LogP contribution in [0, 0.1) is 0 Å². The van der Waals surface area contributed by atoms with Gasteiger partial charge >= 0.3 is 0 Å². The summed E-state index contributed by atoms with van der Waals surface area (Å²) in [6, 6.07) is 14.8. The average Bonchev–Trinajstić information content (AvgIpc) is 3.04. The predicted octanol–water partition coefficient (Wildman–Crippen LogP) is 5.92. The van der Waals surface area contributed by atoms with Gasteiger partial charge in [-0.1, -0.05) is 41.4 Å². The first-order valence-electron chi connectivity index (χ1n) is 7.46. The number of anilines is 1. The van der Waals surface area contributed by atoms with E-state index in [4.69, 9.17) is 23.2 Å². The summed E-state index contributed by atoms with van der Waals surface area (Å²) < 4.78 is 0. The third-order valence-electron chi connectivity index (χ3n) is 3.24. The molecule has 0 aliphatic heterocycles. The van der Waals surface area contributed by atoms with E-state index in [1.54, 1.807) is 23.9 Å². The van der Waals surface area contributed by atoms with E-state index < -0.39 is 0 Å². The van der Waals surface area contributed by atoms with Gasteiger partial charge in [-0.05, 0) is 30.3 Å². The Morgan fingerprint density at radius 2 is 1.96 bits per heavy atom. The molecule has 0 bridgehead atoms. The molecule has 128 valence electrons. The minimum Gasteiger partial charge on any atom is -0.326 e. The molecular weight excluding hydrogens is 395 g/mol. The topological polar surface area (TPSA) is 42.0 Å². The number of nitrogens with zero attached hydrogens (tertiary/aromatic N) is 1. The van der Waals surface area contributed by atoms with Crippen LogP contribution in [0.25, 0.3) is 0 Å². The molecule has 0 fully saturated rings. The molecule has 2 aromatic carbocycles. The van der Waals surface area contributed by atoms with Gasteiger partial charge in [-0.3, -0.25) is 4.79 Å². The SMILES string of the molecule is O=C(Cc1nc(CSc2cc(Cl)ccc2Cl)cs1)Nc1ccccc1. The van der Waals surface area contributed by atoms with Gasteiger partial charge in [0.05, 0.1) is 17.1 Å². The Morgan fingerprint density at radius 3 is 2.76 bits per heavy atom. The maximum Gasteiger partial charge on any atom is 0.231 e. The van der Waals surface area contributed by atoms with E-state index >= 15 is 0 Å². The highest BCUT2D eigenvalue weighted by atomic mass is 35.5. The van der Waals surface area contributed by atoms with E-state index in [1.165, 1.54) is 11.3 Å². The van der Waals surface area contributed by atoms with Gasteiger partial charge in [0.15, 0.2) is 0 Å². The number of amides is 1. The molecule has 3 rings (SSSR count). The number of carbonyl (C=O) groups is 1. The van der Waals surface area contributed by atoms with Crippen LogP contribution in [0.1, 0.15) is 10.7 Å². The number of rotatable bonds is 6. The molecule has 1 N–H and O–H groups in total. The lowest BCUT2D eigenvalue weighted by atomic mass is 10.3. The van der Waals surface area contributed by atoms with Crippen molar-refractivity contribution in [2.75, 3.05) is 5.32 Å². The number of benzene rings is 2. The largest absolute Gasteiger partial charge is 0.326 e. The number of para-hydroxylation sites is 1. The molecule has 0 saturated heterocycles. The molecule has 0 aliphatic carbocycles. The molecule has 0 aliphatic rings. The van der Waals surface area contributed by atoms with Crippen LogP contribution in [0.3, 0.4) is 0 Å². The fourth-order valence-electron chi connectivity index (χ4n) is 2.10. The fourth-order valence-corrected chi connectivity index (χ4v) is 4.38. The first-order chi connectivity index (χ1) is 12.1. The monoisotopic (exact) mass is 408 g/mol. The molecule has 1 heterocycles. The van der Waals surface area contributed by atoms with Gasteiger partial charge in [-0.25, -0.2) is 4.98 Å². The molecular formula is C18H14Cl2N2OS2. The zero-order chi connectivity index (χ0) is 17.6. The van der Waals surface area contributed by atoms with E-state index in [0.717, 1.165) is 21.3 Å². The second-order valence-electron chi connectivity index (χ2n) is 5.19. The molecule has 3 aromatic rings. The predicted molar refractivity (Wildman–Crippen MR) is 107 cm³/mol. The number of hydrogen-bond donors (Lipinski definition) is 1. The standard InChI is InChI=1S/C18H14Cl2N2OS2/c19-12-6-7-15(20)16(8-12)24-10-14-11-25-18(22-14)9-17(23)21-13-4-2-1-3-5-13/h1-8,11H,9-10H2,(H,21,23). The Labute approximate surface area is 164 Å². The third-order valence-corrected chi connectivity index (χ3v) is 5.90. The van der Waals surface area contributed by atoms with Gasteiger partial charge in [0.2, 0.25) is 5.91 Å². The van der Waals surface area contributed by atoms with Crippen molar-refractivity contribution in [3.8, 4) is 0 Å². The van der Waals surface area contributed by atoms with Crippen molar-refractivity contribution < 1.29 is 4.79 Å². The van der Waals surface area contributed by atoms with Gasteiger partial charge < -0.3 is 5.32 Å². The number of aromatic nitrogens is 1. The van der Waals surface area contributed by atoms with E-state index in [0.29, 0.717) is 15.8 Å². The van der Waals surface area contributed by atoms with E-state index in [1.807, 2.05) is 41.8 Å². The molecule has 25 heavy (non-hydrogen) atoms. The van der Waals surface area contributed by atoms with E-state index in [9.17, 15) is 4.79 Å². The van der Waals surface area contributed by atoms with Crippen LogP contribution in [-0.2, 0) is 17.0 Å². The highest BCUT2D eigenvalue weighted by Crippen LogP contribution is 2.32. The first-order valence-corrected chi connectivity index (χ1v) is 10.1. The Morgan fingerprint density at radius 1 is 1.16 bits per heavy atom. The quantitative estimate of drug-likeness (QED) is 0.514. The molecule has 0 spiro atoms. The van der Waals surface area contributed by atoms with Crippen molar-refractivity contribution >= 4 is 57.9 Å². The van der Waals surface area contributed by atoms with Crippen LogP contribution in [0.15, 0.2) is 58.8 Å². The number of carbonyl (C=O) groups excluding carboxylic acids is 1. The van der Waals surface area contributed by atoms with E-state index in [-0.39, 0.29) is 12.3 Å².